The van der Waals surface area contributed by atoms with Crippen LogP contribution in [0.25, 0.3) is 0 Å². The zero-order valence-electron chi connectivity index (χ0n) is 60.2. The van der Waals surface area contributed by atoms with Crippen LogP contribution in [-0.4, -0.2) is 174 Å². The molecule has 0 N–H and O–H groups in total. The molecule has 0 aromatic heterocycles. The second-order valence-corrected chi connectivity index (χ2v) is 26.7. The van der Waals surface area contributed by atoms with Crippen LogP contribution in [0, 0.1) is 0 Å². The Morgan fingerprint density at radius 1 is 0.355 bits per heavy atom. The van der Waals surface area contributed by atoms with Gasteiger partial charge in [-0.1, -0.05) is 146 Å². The minimum atomic E-state index is -2.00. The first-order chi connectivity index (χ1) is 53.8. The average molecular weight is 1520 g/mol. The Kier molecular flexibility index (Phi) is 26.4. The summed E-state index contributed by atoms with van der Waals surface area (Å²) in [6, 6.07) is 69.7. The Morgan fingerprint density at radius 2 is 0.700 bits per heavy atom. The number of hydrogen-bond donors (Lipinski definition) is 0. The molecule has 110 heavy (non-hydrogen) atoms. The highest BCUT2D eigenvalue weighted by atomic mass is 32.2. The number of thioether (sulfide) groups is 1. The van der Waals surface area contributed by atoms with Gasteiger partial charge in [-0.15, -0.1) is 11.8 Å². The van der Waals surface area contributed by atoms with Gasteiger partial charge in [0.1, 0.15) is 78.6 Å². The van der Waals surface area contributed by atoms with Gasteiger partial charge in [-0.25, -0.2) is 28.8 Å². The number of esters is 6. The van der Waals surface area contributed by atoms with Crippen LogP contribution in [0.4, 0.5) is 0 Å². The third-order valence-electron chi connectivity index (χ3n) is 18.7. The molecule has 16 atom stereocenters. The summed E-state index contributed by atoms with van der Waals surface area (Å²) in [6.07, 6.45) is -22.1. The summed E-state index contributed by atoms with van der Waals surface area (Å²) in [5.41, 5.74) is 1.47. The second-order valence-electron chi connectivity index (χ2n) is 25.7. The minimum absolute atomic E-state index is 0.00828. The van der Waals surface area contributed by atoms with Gasteiger partial charge in [0.05, 0.1) is 74.5 Å². The lowest BCUT2D eigenvalue weighted by atomic mass is 9.95. The van der Waals surface area contributed by atoms with Crippen LogP contribution in [0.1, 0.15) is 85.1 Å². The Balaban J connectivity index is 1.01. The molecule has 1 unspecified atom stereocenters. The summed E-state index contributed by atoms with van der Waals surface area (Å²) in [5.74, 6) is -4.33. The van der Waals surface area contributed by atoms with E-state index in [0.29, 0.717) is 28.4 Å². The predicted octanol–water partition coefficient (Wildman–Crippen LogP) is 12.2. The van der Waals surface area contributed by atoms with Crippen LogP contribution >= 0.6 is 11.8 Å². The highest BCUT2D eigenvalue weighted by molar-refractivity contribution is 7.99. The van der Waals surface area contributed by atoms with Crippen LogP contribution in [0.15, 0.2) is 255 Å². The third-order valence-corrected chi connectivity index (χ3v) is 19.5. The number of rotatable bonds is 29. The molecule has 0 radical (unpaired) electrons. The molecule has 25 heteroatoms. The molecule has 0 saturated carbocycles. The summed E-state index contributed by atoms with van der Waals surface area (Å²) < 4.78 is 119. The van der Waals surface area contributed by atoms with E-state index in [-0.39, 0.29) is 53.2 Å². The number of carbonyl (C=O) groups excluding carboxylic acids is 6. The first-order valence-electron chi connectivity index (χ1n) is 35.5. The van der Waals surface area contributed by atoms with Crippen LogP contribution < -0.4 is 14.2 Å². The molecule has 4 aliphatic rings. The van der Waals surface area contributed by atoms with E-state index >= 15 is 14.4 Å². The molecule has 13 rings (SSSR count). The van der Waals surface area contributed by atoms with E-state index < -0.39 is 147 Å². The number of fused-ring (bicyclic) bond motifs is 1. The van der Waals surface area contributed by atoms with Crippen molar-refractivity contribution >= 4 is 47.6 Å². The van der Waals surface area contributed by atoms with Crippen LogP contribution in [-0.2, 0) is 84.3 Å². The molecule has 24 nitrogen and oxygen atoms in total. The molecule has 0 spiro atoms. The number of benzene rings is 9. The first-order valence-corrected chi connectivity index (χ1v) is 36.8. The third kappa shape index (κ3) is 19.2. The van der Waals surface area contributed by atoms with E-state index in [1.54, 1.807) is 97.1 Å². The van der Waals surface area contributed by atoms with Gasteiger partial charge in [0, 0.05) is 5.56 Å². The van der Waals surface area contributed by atoms with Crippen molar-refractivity contribution in [3.05, 3.63) is 305 Å². The van der Waals surface area contributed by atoms with E-state index in [4.69, 9.17) is 85.3 Å². The van der Waals surface area contributed by atoms with Crippen molar-refractivity contribution in [3.8, 4) is 17.2 Å². The Hall–Kier alpha value is -10.8. The Bertz CT molecular complexity index is 4450. The van der Waals surface area contributed by atoms with Crippen molar-refractivity contribution in [3.63, 3.8) is 0 Å². The van der Waals surface area contributed by atoms with Crippen molar-refractivity contribution < 1.29 is 114 Å². The Morgan fingerprint density at radius 3 is 1.12 bits per heavy atom. The van der Waals surface area contributed by atoms with Crippen molar-refractivity contribution in [1.82, 2.24) is 0 Å². The topological polar surface area (TPSA) is 269 Å². The molecule has 0 aliphatic carbocycles. The maximum Gasteiger partial charge on any atom is 0.338 e. The summed E-state index contributed by atoms with van der Waals surface area (Å²) in [4.78, 5) is 89.6. The van der Waals surface area contributed by atoms with Gasteiger partial charge in [-0.2, -0.15) is 0 Å². The molecule has 0 bridgehead atoms. The predicted molar refractivity (Wildman–Crippen MR) is 395 cm³/mol. The van der Waals surface area contributed by atoms with Gasteiger partial charge < -0.3 is 85.3 Å². The fraction of sp³-hybridized carbons (Fsp3) is 0.294. The van der Waals surface area contributed by atoms with Gasteiger partial charge in [-0.05, 0) is 127 Å². The monoisotopic (exact) mass is 1520 g/mol. The number of hydrogen-bond acceptors (Lipinski definition) is 25. The largest absolute Gasteiger partial charge is 0.497 e. The van der Waals surface area contributed by atoms with Gasteiger partial charge in [0.25, 0.3) is 0 Å². The molecule has 570 valence electrons. The molecule has 9 aromatic carbocycles. The smallest absolute Gasteiger partial charge is 0.338 e. The summed E-state index contributed by atoms with van der Waals surface area (Å²) in [5, 5.41) is 0. The molecule has 4 heterocycles. The lowest BCUT2D eigenvalue weighted by Crippen LogP contribution is -2.69. The van der Waals surface area contributed by atoms with Crippen molar-refractivity contribution in [2.75, 3.05) is 47.4 Å². The molecule has 9 aromatic rings. The van der Waals surface area contributed by atoms with Crippen molar-refractivity contribution in [2.24, 2.45) is 0 Å². The standard InChI is InChI=1S/C85H80O24S/c1-92-61-41-35-57(36-42-61)77(87)98-50-65-68(104-80(90)58-37-43-62(93-2)44-38-58)71(106-81(91)59-39-45-63(94-3)46-40-59)74(84(101-65)108-72-69-66(51-99-82(107-69)60-33-21-10-22-34-60)102-85(110-4)75(72)96-48-53-25-13-6-14-26-53)109-83-73(95-47-52-23-11-5-12-24-52)70(105-79(89)56-31-19-9-20-32-56)67(103-78(88)55-29-17-8-18-30-55)64(100-83)49-97-76(86)54-27-15-7-16-28-54/h5-46,64-75,82-85H,47-51H2,1-4H3/t64-,65-,66-,67-,68-,69-,70+,71+,72+,73-,74-,75-,82?,83-,84-,85+/m1/s1. The summed E-state index contributed by atoms with van der Waals surface area (Å²) in [7, 11) is 4.39. The zero-order chi connectivity index (χ0) is 76.3. The van der Waals surface area contributed by atoms with Crippen LogP contribution in [0.3, 0.4) is 0 Å². The van der Waals surface area contributed by atoms with Crippen molar-refractivity contribution in [1.29, 1.82) is 0 Å². The fourth-order valence-electron chi connectivity index (χ4n) is 13.0. The number of methoxy groups -OCH3 is 3. The zero-order valence-corrected chi connectivity index (χ0v) is 61.0. The van der Waals surface area contributed by atoms with E-state index in [1.807, 2.05) is 66.9 Å². The maximum atomic E-state index is 15.6. The van der Waals surface area contributed by atoms with Gasteiger partial charge in [-0.3, -0.25) is 0 Å². The van der Waals surface area contributed by atoms with E-state index in [2.05, 4.69) is 0 Å². The summed E-state index contributed by atoms with van der Waals surface area (Å²) in [6.45, 7) is -1.77. The lowest BCUT2D eigenvalue weighted by Gasteiger charge is -2.52. The second kappa shape index (κ2) is 37.5. The van der Waals surface area contributed by atoms with E-state index in [0.717, 1.165) is 5.56 Å². The number of ether oxygens (including phenoxy) is 18. The van der Waals surface area contributed by atoms with Gasteiger partial charge in [0.2, 0.25) is 0 Å². The molecule has 4 saturated heterocycles. The highest BCUT2D eigenvalue weighted by Crippen LogP contribution is 2.43. The fourth-order valence-corrected chi connectivity index (χ4v) is 13.7. The van der Waals surface area contributed by atoms with E-state index in [1.165, 1.54) is 130 Å². The molecular formula is C85H80O24S. The Labute approximate surface area is 638 Å². The molecule has 4 fully saturated rings. The quantitative estimate of drug-likeness (QED) is 0.0311. The first kappa shape index (κ1) is 77.4. The lowest BCUT2D eigenvalue weighted by molar-refractivity contribution is -0.393. The van der Waals surface area contributed by atoms with Gasteiger partial charge in [0.15, 0.2) is 49.4 Å². The molecule has 4 aliphatic heterocycles. The van der Waals surface area contributed by atoms with E-state index in [9.17, 15) is 14.4 Å². The molecule has 0 amide bonds. The van der Waals surface area contributed by atoms with Gasteiger partial charge >= 0.3 is 35.8 Å². The molecular weight excluding hydrogens is 1440 g/mol. The van der Waals surface area contributed by atoms with Crippen molar-refractivity contribution in [2.45, 2.75) is 111 Å². The minimum Gasteiger partial charge on any atom is -0.497 e. The SMILES string of the molecule is COc1ccc(C(=O)OC[C@H]2O[C@H](O[C@@H]3[C@@H](OCc4ccccc4)[C@H](SC)O[C@@H]4COC(c5ccccc5)O[C@@H]34)[C@H](O[C@H]3O[C@H](COC(=O)c4ccccc4)[C@@H](OC(=O)c4ccccc4)[C@H](OC(=O)c4ccccc4)[C@H]3OCc3ccccc3)[C@@H](OC(=O)c3ccc(OC)cc3)[C@@H]2OC(=O)c2ccc(OC)cc2)cc1. The van der Waals surface area contributed by atoms with Crippen LogP contribution in [0.5, 0.6) is 17.2 Å². The normalized spacial score (nSPS) is 24.9. The number of carbonyl (C=O) groups is 6. The highest BCUT2D eigenvalue weighted by Gasteiger charge is 2.60. The summed E-state index contributed by atoms with van der Waals surface area (Å²) >= 11 is 1.31. The average Bonchev–Trinajstić information content (AvgIpc) is 0.754. The van der Waals surface area contributed by atoms with Crippen LogP contribution in [0.2, 0.25) is 0 Å². The maximum absolute atomic E-state index is 15.6.